The van der Waals surface area contributed by atoms with Crippen LogP contribution in [0.5, 0.6) is 0 Å². The molecule has 0 spiro atoms. The average Bonchev–Trinajstić information content (AvgIpc) is 2.99. The van der Waals surface area contributed by atoms with Crippen LogP contribution in [0, 0.1) is 0 Å². The van der Waals surface area contributed by atoms with Gasteiger partial charge < -0.3 is 4.74 Å². The Labute approximate surface area is 114 Å². The zero-order chi connectivity index (χ0) is 13.2. The number of aromatic nitrogens is 3. The summed E-state index contributed by atoms with van der Waals surface area (Å²) >= 11 is 1.59. The van der Waals surface area contributed by atoms with Gasteiger partial charge in [-0.1, -0.05) is 0 Å². The standard InChI is InChI=1S/C13H13N3O2S/c1-2-18-13(17)8-3-4-10-11(8)16-12(19-10)9-7-14-5-6-15-9/h5-8H,2-4H2,1H3. The van der Waals surface area contributed by atoms with E-state index in [0.29, 0.717) is 6.61 Å². The molecule has 3 rings (SSSR count). The molecule has 98 valence electrons. The first kappa shape index (κ1) is 12.2. The molecule has 2 aromatic heterocycles. The summed E-state index contributed by atoms with van der Waals surface area (Å²) in [6, 6.07) is 0. The molecular formula is C13H13N3O2S. The molecule has 0 saturated heterocycles. The number of hydrogen-bond acceptors (Lipinski definition) is 6. The molecule has 19 heavy (non-hydrogen) atoms. The Morgan fingerprint density at radius 2 is 2.42 bits per heavy atom. The normalized spacial score (nSPS) is 17.2. The SMILES string of the molecule is CCOC(=O)C1CCc2sc(-c3cnccn3)nc21. The second-order valence-corrected chi connectivity index (χ2v) is 5.35. The average molecular weight is 275 g/mol. The van der Waals surface area contributed by atoms with Gasteiger partial charge in [-0.25, -0.2) is 4.98 Å². The Morgan fingerprint density at radius 1 is 1.53 bits per heavy atom. The van der Waals surface area contributed by atoms with Crippen LogP contribution in [0.1, 0.15) is 29.8 Å². The molecule has 0 radical (unpaired) electrons. The number of carbonyl (C=O) groups excluding carboxylic acids is 1. The number of thiazole rings is 1. The van der Waals surface area contributed by atoms with Crippen molar-refractivity contribution in [2.24, 2.45) is 0 Å². The summed E-state index contributed by atoms with van der Waals surface area (Å²) in [7, 11) is 0. The van der Waals surface area contributed by atoms with Gasteiger partial charge in [-0.3, -0.25) is 14.8 Å². The topological polar surface area (TPSA) is 65.0 Å². The lowest BCUT2D eigenvalue weighted by Crippen LogP contribution is -2.14. The van der Waals surface area contributed by atoms with E-state index in [2.05, 4.69) is 15.0 Å². The van der Waals surface area contributed by atoms with Crippen LogP contribution >= 0.6 is 11.3 Å². The van der Waals surface area contributed by atoms with Gasteiger partial charge in [0.2, 0.25) is 0 Å². The van der Waals surface area contributed by atoms with Crippen molar-refractivity contribution in [3.63, 3.8) is 0 Å². The Balaban J connectivity index is 1.91. The summed E-state index contributed by atoms with van der Waals surface area (Å²) in [6.07, 6.45) is 6.65. The Morgan fingerprint density at radius 3 is 3.16 bits per heavy atom. The number of nitrogens with zero attached hydrogens (tertiary/aromatic N) is 3. The second-order valence-electron chi connectivity index (χ2n) is 4.26. The Bertz CT molecular complexity index is 597. The predicted octanol–water partition coefficient (Wildman–Crippen LogP) is 2.19. The van der Waals surface area contributed by atoms with E-state index in [1.54, 1.807) is 29.9 Å². The molecule has 0 aliphatic heterocycles. The minimum Gasteiger partial charge on any atom is -0.465 e. The van der Waals surface area contributed by atoms with Crippen LogP contribution in [0.2, 0.25) is 0 Å². The maximum Gasteiger partial charge on any atom is 0.315 e. The third-order valence-electron chi connectivity index (χ3n) is 3.07. The molecule has 1 aliphatic rings. The molecule has 0 N–H and O–H groups in total. The van der Waals surface area contributed by atoms with Crippen molar-refractivity contribution in [3.05, 3.63) is 29.2 Å². The highest BCUT2D eigenvalue weighted by Gasteiger charge is 2.33. The minimum absolute atomic E-state index is 0.169. The molecule has 2 aromatic rings. The number of esters is 1. The smallest absolute Gasteiger partial charge is 0.315 e. The quantitative estimate of drug-likeness (QED) is 0.803. The monoisotopic (exact) mass is 275 g/mol. The lowest BCUT2D eigenvalue weighted by Gasteiger charge is -2.07. The van der Waals surface area contributed by atoms with Gasteiger partial charge in [0, 0.05) is 17.3 Å². The zero-order valence-corrected chi connectivity index (χ0v) is 11.3. The summed E-state index contributed by atoms with van der Waals surface area (Å²) in [5.41, 5.74) is 1.62. The third kappa shape index (κ3) is 2.23. The highest BCUT2D eigenvalue weighted by molar-refractivity contribution is 7.15. The highest BCUT2D eigenvalue weighted by Crippen LogP contribution is 2.39. The van der Waals surface area contributed by atoms with E-state index in [1.807, 2.05) is 6.92 Å². The molecule has 1 unspecified atom stereocenters. The molecule has 0 fully saturated rings. The van der Waals surface area contributed by atoms with Gasteiger partial charge in [-0.2, -0.15) is 0 Å². The predicted molar refractivity (Wildman–Crippen MR) is 70.8 cm³/mol. The van der Waals surface area contributed by atoms with Gasteiger partial charge in [0.1, 0.15) is 16.6 Å². The summed E-state index contributed by atoms with van der Waals surface area (Å²) in [5.74, 6) is -0.381. The van der Waals surface area contributed by atoms with Crippen LogP contribution in [-0.2, 0) is 16.0 Å². The van der Waals surface area contributed by atoms with Crippen molar-refractivity contribution in [1.29, 1.82) is 0 Å². The van der Waals surface area contributed by atoms with E-state index < -0.39 is 0 Å². The fourth-order valence-electron chi connectivity index (χ4n) is 2.22. The fourth-order valence-corrected chi connectivity index (χ4v) is 3.32. The Kier molecular flexibility index (Phi) is 3.25. The largest absolute Gasteiger partial charge is 0.465 e. The van der Waals surface area contributed by atoms with Crippen LogP contribution in [0.3, 0.4) is 0 Å². The van der Waals surface area contributed by atoms with Crippen molar-refractivity contribution in [3.8, 4) is 10.7 Å². The summed E-state index contributed by atoms with van der Waals surface area (Å²) in [4.78, 5) is 25.9. The van der Waals surface area contributed by atoms with Gasteiger partial charge in [0.15, 0.2) is 0 Å². The van der Waals surface area contributed by atoms with Gasteiger partial charge in [0.05, 0.1) is 18.5 Å². The minimum atomic E-state index is -0.211. The lowest BCUT2D eigenvalue weighted by molar-refractivity contribution is -0.145. The maximum atomic E-state index is 11.9. The summed E-state index contributed by atoms with van der Waals surface area (Å²) in [6.45, 7) is 2.23. The molecule has 6 heteroatoms. The van der Waals surface area contributed by atoms with Crippen LogP contribution < -0.4 is 0 Å². The number of aryl methyl sites for hydroxylation is 1. The van der Waals surface area contributed by atoms with Gasteiger partial charge in [-0.15, -0.1) is 11.3 Å². The fraction of sp³-hybridized carbons (Fsp3) is 0.385. The third-order valence-corrected chi connectivity index (χ3v) is 4.22. The summed E-state index contributed by atoms with van der Waals surface area (Å²) < 4.78 is 5.10. The van der Waals surface area contributed by atoms with Crippen LogP contribution in [0.4, 0.5) is 0 Å². The van der Waals surface area contributed by atoms with Gasteiger partial charge >= 0.3 is 5.97 Å². The molecule has 0 bridgehead atoms. The van der Waals surface area contributed by atoms with Crippen LogP contribution in [0.15, 0.2) is 18.6 Å². The number of carbonyl (C=O) groups is 1. The molecule has 1 aliphatic carbocycles. The molecule has 2 heterocycles. The number of fused-ring (bicyclic) bond motifs is 1. The molecule has 0 aromatic carbocycles. The van der Waals surface area contributed by atoms with E-state index in [0.717, 1.165) is 29.2 Å². The van der Waals surface area contributed by atoms with E-state index in [1.165, 1.54) is 4.88 Å². The first-order valence-electron chi connectivity index (χ1n) is 6.22. The highest BCUT2D eigenvalue weighted by atomic mass is 32.1. The molecule has 0 amide bonds. The van der Waals surface area contributed by atoms with Gasteiger partial charge in [-0.05, 0) is 19.8 Å². The number of rotatable bonds is 3. The van der Waals surface area contributed by atoms with E-state index >= 15 is 0 Å². The van der Waals surface area contributed by atoms with Crippen LogP contribution in [0.25, 0.3) is 10.7 Å². The van der Waals surface area contributed by atoms with Crippen molar-refractivity contribution in [2.45, 2.75) is 25.7 Å². The van der Waals surface area contributed by atoms with E-state index in [-0.39, 0.29) is 11.9 Å². The first-order chi connectivity index (χ1) is 9.29. The van der Waals surface area contributed by atoms with E-state index in [4.69, 9.17) is 4.74 Å². The molecule has 0 saturated carbocycles. The van der Waals surface area contributed by atoms with Crippen LogP contribution in [-0.4, -0.2) is 27.5 Å². The molecule has 5 nitrogen and oxygen atoms in total. The zero-order valence-electron chi connectivity index (χ0n) is 10.5. The number of hydrogen-bond donors (Lipinski definition) is 0. The summed E-state index contributed by atoms with van der Waals surface area (Å²) in [5, 5.41) is 0.826. The van der Waals surface area contributed by atoms with Crippen molar-refractivity contribution < 1.29 is 9.53 Å². The van der Waals surface area contributed by atoms with Crippen molar-refractivity contribution >= 4 is 17.3 Å². The van der Waals surface area contributed by atoms with Crippen molar-refractivity contribution in [1.82, 2.24) is 15.0 Å². The molecular weight excluding hydrogens is 262 g/mol. The maximum absolute atomic E-state index is 11.9. The van der Waals surface area contributed by atoms with E-state index in [9.17, 15) is 4.79 Å². The Hall–Kier alpha value is -1.82. The van der Waals surface area contributed by atoms with Gasteiger partial charge in [0.25, 0.3) is 0 Å². The number of ether oxygens (including phenoxy) is 1. The second kappa shape index (κ2) is 5.05. The van der Waals surface area contributed by atoms with Crippen molar-refractivity contribution in [2.75, 3.05) is 6.61 Å². The first-order valence-corrected chi connectivity index (χ1v) is 7.04. The molecule has 1 atom stereocenters. The lowest BCUT2D eigenvalue weighted by atomic mass is 10.1.